The molecule has 0 aliphatic rings. The molecule has 1 aromatic carbocycles. The number of hydrogen-bond donors (Lipinski definition) is 1. The van der Waals surface area contributed by atoms with Gasteiger partial charge in [0, 0.05) is 25.0 Å². The summed E-state index contributed by atoms with van der Waals surface area (Å²) >= 11 is 1.69. The van der Waals surface area contributed by atoms with Crippen LogP contribution in [-0.4, -0.2) is 36.5 Å². The van der Waals surface area contributed by atoms with Gasteiger partial charge in [0.05, 0.1) is 0 Å². The second-order valence-electron chi connectivity index (χ2n) is 3.80. The van der Waals surface area contributed by atoms with E-state index in [-0.39, 0.29) is 11.8 Å². The molecule has 0 radical (unpaired) electrons. The van der Waals surface area contributed by atoms with Gasteiger partial charge in [-0.25, -0.2) is 9.18 Å². The van der Waals surface area contributed by atoms with Gasteiger partial charge < -0.3 is 10.2 Å². The van der Waals surface area contributed by atoms with Crippen molar-refractivity contribution in [2.75, 3.05) is 30.9 Å². The SMILES string of the molecule is CSCCN(C)C(=O)Nc1ccc(F)cc1C. The Bertz CT molecular complexity index is 398. The predicted molar refractivity (Wildman–Crippen MR) is 71.2 cm³/mol. The number of carbonyl (C=O) groups is 1. The Labute approximate surface area is 105 Å². The molecule has 0 fully saturated rings. The summed E-state index contributed by atoms with van der Waals surface area (Å²) in [6.07, 6.45) is 2.00. The van der Waals surface area contributed by atoms with Crippen LogP contribution in [0.3, 0.4) is 0 Å². The average Bonchev–Trinajstić information content (AvgIpc) is 2.29. The highest BCUT2D eigenvalue weighted by molar-refractivity contribution is 7.98. The van der Waals surface area contributed by atoms with Gasteiger partial charge in [0.15, 0.2) is 0 Å². The van der Waals surface area contributed by atoms with Gasteiger partial charge in [-0.1, -0.05) is 0 Å². The molecule has 5 heteroatoms. The summed E-state index contributed by atoms with van der Waals surface area (Å²) in [5.74, 6) is 0.600. The predicted octanol–water partition coefficient (Wildman–Crippen LogP) is 2.96. The average molecular weight is 256 g/mol. The summed E-state index contributed by atoms with van der Waals surface area (Å²) in [7, 11) is 1.74. The first kappa shape index (κ1) is 13.8. The standard InChI is InChI=1S/C12H17FN2OS/c1-9-8-10(13)4-5-11(9)14-12(16)15(2)6-7-17-3/h4-5,8H,6-7H2,1-3H3,(H,14,16). The molecule has 0 aromatic heterocycles. The molecule has 1 rings (SSSR count). The van der Waals surface area contributed by atoms with E-state index in [1.54, 1.807) is 36.7 Å². The van der Waals surface area contributed by atoms with Gasteiger partial charge in [-0.3, -0.25) is 0 Å². The Morgan fingerprint density at radius 2 is 2.24 bits per heavy atom. The number of nitrogens with one attached hydrogen (secondary N) is 1. The Kier molecular flexibility index (Phi) is 5.28. The first-order valence-electron chi connectivity index (χ1n) is 5.32. The fourth-order valence-corrected chi connectivity index (χ4v) is 1.76. The second-order valence-corrected chi connectivity index (χ2v) is 4.79. The zero-order valence-corrected chi connectivity index (χ0v) is 11.1. The first-order chi connectivity index (χ1) is 8.04. The Balaban J connectivity index is 2.61. The fraction of sp³-hybridized carbons (Fsp3) is 0.417. The molecule has 3 nitrogen and oxygen atoms in total. The molecule has 94 valence electrons. The lowest BCUT2D eigenvalue weighted by atomic mass is 10.2. The molecule has 0 spiro atoms. The Morgan fingerprint density at radius 3 is 2.82 bits per heavy atom. The molecular formula is C12H17FN2OS. The van der Waals surface area contributed by atoms with Gasteiger partial charge in [0.25, 0.3) is 0 Å². The molecule has 0 heterocycles. The summed E-state index contributed by atoms with van der Waals surface area (Å²) < 4.78 is 12.9. The molecule has 1 N–H and O–H groups in total. The van der Waals surface area contributed by atoms with Crippen molar-refractivity contribution in [2.45, 2.75) is 6.92 Å². The van der Waals surface area contributed by atoms with Crippen LogP contribution in [0.25, 0.3) is 0 Å². The van der Waals surface area contributed by atoms with Crippen molar-refractivity contribution >= 4 is 23.5 Å². The number of rotatable bonds is 4. The second kappa shape index (κ2) is 6.49. The van der Waals surface area contributed by atoms with Crippen molar-refractivity contribution in [3.8, 4) is 0 Å². The third-order valence-corrected chi connectivity index (χ3v) is 3.00. The van der Waals surface area contributed by atoms with Gasteiger partial charge in [-0.15, -0.1) is 0 Å². The maximum atomic E-state index is 12.9. The molecule has 0 saturated heterocycles. The molecule has 0 aliphatic carbocycles. The van der Waals surface area contributed by atoms with E-state index in [2.05, 4.69) is 5.32 Å². The number of halogens is 1. The van der Waals surface area contributed by atoms with Crippen molar-refractivity contribution in [3.05, 3.63) is 29.6 Å². The van der Waals surface area contributed by atoms with E-state index < -0.39 is 0 Å². The van der Waals surface area contributed by atoms with Gasteiger partial charge in [-0.05, 0) is 36.9 Å². The highest BCUT2D eigenvalue weighted by atomic mass is 32.2. The number of carbonyl (C=O) groups excluding carboxylic acids is 1. The van der Waals surface area contributed by atoms with Gasteiger partial charge in [-0.2, -0.15) is 11.8 Å². The van der Waals surface area contributed by atoms with Crippen LogP contribution in [0.15, 0.2) is 18.2 Å². The lowest BCUT2D eigenvalue weighted by Gasteiger charge is -2.18. The van der Waals surface area contributed by atoms with Crippen LogP contribution < -0.4 is 5.32 Å². The molecule has 1 aromatic rings. The molecule has 0 saturated carbocycles. The van der Waals surface area contributed by atoms with Gasteiger partial charge in [0.1, 0.15) is 5.82 Å². The van der Waals surface area contributed by atoms with Crippen molar-refractivity contribution < 1.29 is 9.18 Å². The van der Waals surface area contributed by atoms with Crippen LogP contribution in [-0.2, 0) is 0 Å². The van der Waals surface area contributed by atoms with Crippen LogP contribution >= 0.6 is 11.8 Å². The highest BCUT2D eigenvalue weighted by Crippen LogP contribution is 2.16. The molecule has 2 amide bonds. The summed E-state index contributed by atoms with van der Waals surface area (Å²) in [4.78, 5) is 13.4. The highest BCUT2D eigenvalue weighted by Gasteiger charge is 2.09. The summed E-state index contributed by atoms with van der Waals surface area (Å²) in [5.41, 5.74) is 1.36. The normalized spacial score (nSPS) is 10.1. The third kappa shape index (κ3) is 4.26. The number of amides is 2. The Hall–Kier alpha value is -1.23. The van der Waals surface area contributed by atoms with E-state index >= 15 is 0 Å². The first-order valence-corrected chi connectivity index (χ1v) is 6.71. The van der Waals surface area contributed by atoms with Gasteiger partial charge >= 0.3 is 6.03 Å². The number of urea groups is 1. The van der Waals surface area contributed by atoms with E-state index in [4.69, 9.17) is 0 Å². The topological polar surface area (TPSA) is 32.3 Å². The molecule has 0 aliphatic heterocycles. The zero-order chi connectivity index (χ0) is 12.8. The van der Waals surface area contributed by atoms with E-state index in [9.17, 15) is 9.18 Å². The number of benzene rings is 1. The third-order valence-electron chi connectivity index (χ3n) is 2.41. The molecule has 0 bridgehead atoms. The lowest BCUT2D eigenvalue weighted by molar-refractivity contribution is 0.225. The van der Waals surface area contributed by atoms with Crippen molar-refractivity contribution in [1.82, 2.24) is 4.90 Å². The molecule has 0 unspecified atom stereocenters. The Morgan fingerprint density at radius 1 is 1.53 bits per heavy atom. The smallest absolute Gasteiger partial charge is 0.321 e. The van der Waals surface area contributed by atoms with Crippen LogP contribution in [0.2, 0.25) is 0 Å². The maximum Gasteiger partial charge on any atom is 0.321 e. The van der Waals surface area contributed by atoms with Crippen LogP contribution in [0.1, 0.15) is 5.56 Å². The fourth-order valence-electron chi connectivity index (χ4n) is 1.31. The largest absolute Gasteiger partial charge is 0.327 e. The summed E-state index contributed by atoms with van der Waals surface area (Å²) in [6, 6.07) is 4.14. The quantitative estimate of drug-likeness (QED) is 0.898. The number of anilines is 1. The van der Waals surface area contributed by atoms with Crippen LogP contribution in [0.4, 0.5) is 14.9 Å². The van der Waals surface area contributed by atoms with Crippen molar-refractivity contribution in [1.29, 1.82) is 0 Å². The van der Waals surface area contributed by atoms with E-state index in [1.807, 2.05) is 6.26 Å². The van der Waals surface area contributed by atoms with Crippen molar-refractivity contribution in [2.24, 2.45) is 0 Å². The van der Waals surface area contributed by atoms with Crippen LogP contribution in [0.5, 0.6) is 0 Å². The summed E-state index contributed by atoms with van der Waals surface area (Å²) in [5, 5.41) is 2.76. The van der Waals surface area contributed by atoms with Gasteiger partial charge in [0.2, 0.25) is 0 Å². The van der Waals surface area contributed by atoms with E-state index in [1.165, 1.54) is 12.1 Å². The molecule has 0 atom stereocenters. The minimum atomic E-state index is -0.295. The zero-order valence-electron chi connectivity index (χ0n) is 10.3. The van der Waals surface area contributed by atoms with E-state index in [0.29, 0.717) is 12.2 Å². The molecular weight excluding hydrogens is 239 g/mol. The number of aryl methyl sites for hydroxylation is 1. The molecule has 17 heavy (non-hydrogen) atoms. The number of thioether (sulfide) groups is 1. The van der Waals surface area contributed by atoms with E-state index in [0.717, 1.165) is 11.3 Å². The minimum absolute atomic E-state index is 0.172. The summed E-state index contributed by atoms with van der Waals surface area (Å²) in [6.45, 7) is 2.45. The minimum Gasteiger partial charge on any atom is -0.327 e. The maximum absolute atomic E-state index is 12.9. The monoisotopic (exact) mass is 256 g/mol. The van der Waals surface area contributed by atoms with Crippen molar-refractivity contribution in [3.63, 3.8) is 0 Å². The lowest BCUT2D eigenvalue weighted by Crippen LogP contribution is -2.33. The number of nitrogens with zero attached hydrogens (tertiary/aromatic N) is 1. The van der Waals surface area contributed by atoms with Crippen LogP contribution in [0, 0.1) is 12.7 Å². The number of hydrogen-bond acceptors (Lipinski definition) is 2.